The number of rotatable bonds is 3. The Morgan fingerprint density at radius 2 is 1.71 bits per heavy atom. The van der Waals surface area contributed by atoms with E-state index in [1.54, 1.807) is 0 Å². The monoisotopic (exact) mass is 225 g/mol. The summed E-state index contributed by atoms with van der Waals surface area (Å²) in [6, 6.07) is 16.9. The first-order chi connectivity index (χ1) is 8.20. The lowest BCUT2D eigenvalue weighted by Crippen LogP contribution is -2.11. The van der Waals surface area contributed by atoms with Gasteiger partial charge in [0.05, 0.1) is 6.04 Å². The zero-order valence-corrected chi connectivity index (χ0v) is 10.5. The van der Waals surface area contributed by atoms with Gasteiger partial charge in [-0.05, 0) is 30.0 Å². The van der Waals surface area contributed by atoms with Crippen molar-refractivity contribution in [2.75, 3.05) is 0 Å². The smallest absolute Gasteiger partial charge is 0.0551 e. The Balaban J connectivity index is 2.27. The highest BCUT2D eigenvalue weighted by atomic mass is 14.6. The van der Waals surface area contributed by atoms with Gasteiger partial charge < -0.3 is 5.73 Å². The second-order valence-corrected chi connectivity index (χ2v) is 4.49. The lowest BCUT2D eigenvalue weighted by atomic mass is 9.97. The molecule has 2 rings (SSSR count). The van der Waals surface area contributed by atoms with E-state index in [1.807, 2.05) is 0 Å². The molecule has 2 aromatic carbocycles. The average molecular weight is 225 g/mol. The van der Waals surface area contributed by atoms with Crippen molar-refractivity contribution in [3.05, 3.63) is 70.8 Å². The molecule has 0 spiro atoms. The molecule has 0 saturated heterocycles. The van der Waals surface area contributed by atoms with Crippen LogP contribution in [-0.2, 0) is 6.42 Å². The maximum Gasteiger partial charge on any atom is 0.0551 e. The Labute approximate surface area is 103 Å². The Bertz CT molecular complexity index is 485. The summed E-state index contributed by atoms with van der Waals surface area (Å²) in [5.74, 6) is 0. The highest BCUT2D eigenvalue weighted by Crippen LogP contribution is 2.20. The molecule has 2 N–H and O–H groups in total. The molecule has 0 fully saturated rings. The molecule has 1 nitrogen and oxygen atoms in total. The first kappa shape index (κ1) is 11.9. The predicted octanol–water partition coefficient (Wildman–Crippen LogP) is 3.61. The fourth-order valence-electron chi connectivity index (χ4n) is 2.02. The molecule has 17 heavy (non-hydrogen) atoms. The summed E-state index contributed by atoms with van der Waals surface area (Å²) in [5.41, 5.74) is 11.2. The summed E-state index contributed by atoms with van der Waals surface area (Å²) in [5, 5.41) is 0. The van der Waals surface area contributed by atoms with Crippen LogP contribution in [0.3, 0.4) is 0 Å². The van der Waals surface area contributed by atoms with Crippen molar-refractivity contribution in [2.45, 2.75) is 26.3 Å². The van der Waals surface area contributed by atoms with E-state index in [0.29, 0.717) is 0 Å². The number of hydrogen-bond donors (Lipinski definition) is 1. The summed E-state index contributed by atoms with van der Waals surface area (Å²) in [6.45, 7) is 4.26. The molecule has 1 atom stereocenters. The van der Waals surface area contributed by atoms with Gasteiger partial charge in [0.15, 0.2) is 0 Å². The molecular formula is C16H19N. The third-order valence-corrected chi connectivity index (χ3v) is 3.15. The van der Waals surface area contributed by atoms with Crippen LogP contribution in [0.4, 0.5) is 0 Å². The maximum absolute atomic E-state index is 6.28. The number of benzene rings is 2. The molecule has 88 valence electrons. The van der Waals surface area contributed by atoms with Crippen molar-refractivity contribution in [3.63, 3.8) is 0 Å². The fourth-order valence-corrected chi connectivity index (χ4v) is 2.02. The molecule has 0 radical (unpaired) electrons. The quantitative estimate of drug-likeness (QED) is 0.848. The first-order valence-electron chi connectivity index (χ1n) is 6.11. The van der Waals surface area contributed by atoms with Gasteiger partial charge in [0.1, 0.15) is 0 Å². The second-order valence-electron chi connectivity index (χ2n) is 4.49. The van der Waals surface area contributed by atoms with Crippen LogP contribution < -0.4 is 5.73 Å². The van der Waals surface area contributed by atoms with E-state index in [4.69, 9.17) is 5.73 Å². The molecular weight excluding hydrogens is 206 g/mol. The first-order valence-corrected chi connectivity index (χ1v) is 6.11. The lowest BCUT2D eigenvalue weighted by molar-refractivity contribution is 0.868. The molecule has 0 saturated carbocycles. The Morgan fingerprint density at radius 1 is 1.00 bits per heavy atom. The van der Waals surface area contributed by atoms with Crippen molar-refractivity contribution >= 4 is 0 Å². The van der Waals surface area contributed by atoms with Gasteiger partial charge in [-0.3, -0.25) is 0 Å². The van der Waals surface area contributed by atoms with E-state index < -0.39 is 0 Å². The molecule has 2 aromatic rings. The van der Waals surface area contributed by atoms with Gasteiger partial charge >= 0.3 is 0 Å². The lowest BCUT2D eigenvalue weighted by Gasteiger charge is -2.13. The highest BCUT2D eigenvalue weighted by Gasteiger charge is 2.08. The summed E-state index contributed by atoms with van der Waals surface area (Å²) in [6.07, 6.45) is 1.07. The SMILES string of the molecule is CCc1ccc(C(N)c2cccc(C)c2)cc1. The second kappa shape index (κ2) is 5.15. The van der Waals surface area contributed by atoms with Crippen LogP contribution >= 0.6 is 0 Å². The normalized spacial score (nSPS) is 12.4. The van der Waals surface area contributed by atoms with Crippen molar-refractivity contribution in [1.82, 2.24) is 0 Å². The zero-order valence-electron chi connectivity index (χ0n) is 10.5. The van der Waals surface area contributed by atoms with Gasteiger partial charge in [-0.2, -0.15) is 0 Å². The van der Waals surface area contributed by atoms with Crippen LogP contribution in [0.25, 0.3) is 0 Å². The van der Waals surface area contributed by atoms with Gasteiger partial charge in [-0.15, -0.1) is 0 Å². The molecule has 1 unspecified atom stereocenters. The fraction of sp³-hybridized carbons (Fsp3) is 0.250. The summed E-state index contributed by atoms with van der Waals surface area (Å²) in [4.78, 5) is 0. The van der Waals surface area contributed by atoms with Gasteiger partial charge in [0, 0.05) is 0 Å². The van der Waals surface area contributed by atoms with Crippen LogP contribution in [0.1, 0.15) is 35.2 Å². The van der Waals surface area contributed by atoms with Crippen molar-refractivity contribution < 1.29 is 0 Å². The number of nitrogens with two attached hydrogens (primary N) is 1. The van der Waals surface area contributed by atoms with Crippen molar-refractivity contribution in [2.24, 2.45) is 5.73 Å². The standard InChI is InChI=1S/C16H19N/c1-3-13-7-9-14(10-8-13)16(17)15-6-4-5-12(2)11-15/h4-11,16H,3,17H2,1-2H3. The minimum Gasteiger partial charge on any atom is -0.320 e. The van der Waals surface area contributed by atoms with Gasteiger partial charge in [-0.25, -0.2) is 0 Å². The third kappa shape index (κ3) is 2.75. The summed E-state index contributed by atoms with van der Waals surface area (Å²) < 4.78 is 0. The topological polar surface area (TPSA) is 26.0 Å². The minimum atomic E-state index is -0.0270. The average Bonchev–Trinajstić information content (AvgIpc) is 2.38. The van der Waals surface area contributed by atoms with Crippen LogP contribution in [0.2, 0.25) is 0 Å². The molecule has 0 amide bonds. The van der Waals surface area contributed by atoms with Crippen LogP contribution in [0.5, 0.6) is 0 Å². The zero-order chi connectivity index (χ0) is 12.3. The maximum atomic E-state index is 6.28. The minimum absolute atomic E-state index is 0.0270. The molecule has 0 bridgehead atoms. The number of aryl methyl sites for hydroxylation is 2. The van der Waals surface area contributed by atoms with Crippen LogP contribution in [0.15, 0.2) is 48.5 Å². The summed E-state index contributed by atoms with van der Waals surface area (Å²) in [7, 11) is 0. The van der Waals surface area contributed by atoms with Crippen molar-refractivity contribution in [1.29, 1.82) is 0 Å². The van der Waals surface area contributed by atoms with Crippen LogP contribution in [0, 0.1) is 6.92 Å². The Morgan fingerprint density at radius 3 is 2.29 bits per heavy atom. The van der Waals surface area contributed by atoms with Gasteiger partial charge in [0.2, 0.25) is 0 Å². The molecule has 0 heterocycles. The largest absolute Gasteiger partial charge is 0.320 e. The summed E-state index contributed by atoms with van der Waals surface area (Å²) >= 11 is 0. The van der Waals surface area contributed by atoms with E-state index >= 15 is 0 Å². The van der Waals surface area contributed by atoms with E-state index in [1.165, 1.54) is 22.3 Å². The molecule has 0 aliphatic rings. The molecule has 0 aliphatic carbocycles. The highest BCUT2D eigenvalue weighted by molar-refractivity contribution is 5.34. The van der Waals surface area contributed by atoms with Crippen molar-refractivity contribution in [3.8, 4) is 0 Å². The van der Waals surface area contributed by atoms with Gasteiger partial charge in [0.25, 0.3) is 0 Å². The van der Waals surface area contributed by atoms with E-state index in [9.17, 15) is 0 Å². The van der Waals surface area contributed by atoms with E-state index in [0.717, 1.165) is 6.42 Å². The Kier molecular flexibility index (Phi) is 3.60. The molecule has 0 aromatic heterocycles. The molecule has 0 aliphatic heterocycles. The van der Waals surface area contributed by atoms with Crippen LogP contribution in [-0.4, -0.2) is 0 Å². The van der Waals surface area contributed by atoms with Gasteiger partial charge in [-0.1, -0.05) is 61.0 Å². The third-order valence-electron chi connectivity index (χ3n) is 3.15. The molecule has 1 heteroatoms. The number of hydrogen-bond acceptors (Lipinski definition) is 1. The van der Waals surface area contributed by atoms with E-state index in [2.05, 4.69) is 62.4 Å². The van der Waals surface area contributed by atoms with E-state index in [-0.39, 0.29) is 6.04 Å². The Hall–Kier alpha value is -1.60. The predicted molar refractivity (Wildman–Crippen MR) is 73.0 cm³/mol.